The lowest BCUT2D eigenvalue weighted by Crippen LogP contribution is -2.24. The van der Waals surface area contributed by atoms with Crippen LogP contribution in [0.1, 0.15) is 24.0 Å². The van der Waals surface area contributed by atoms with Gasteiger partial charge in [-0.3, -0.25) is 0 Å². The van der Waals surface area contributed by atoms with Crippen LogP contribution in [0.3, 0.4) is 0 Å². The van der Waals surface area contributed by atoms with Crippen molar-refractivity contribution < 1.29 is 0 Å². The highest BCUT2D eigenvalue weighted by Crippen LogP contribution is 2.19. The molecule has 2 heterocycles. The van der Waals surface area contributed by atoms with Gasteiger partial charge in [0.25, 0.3) is 0 Å². The molecular weight excluding hydrogens is 194 g/mol. The van der Waals surface area contributed by atoms with Gasteiger partial charge in [-0.05, 0) is 26.1 Å². The third-order valence-electron chi connectivity index (χ3n) is 2.54. The van der Waals surface area contributed by atoms with E-state index in [1.165, 1.54) is 12.2 Å². The number of nitrogens with one attached hydrogen (secondary N) is 1. The Kier molecular flexibility index (Phi) is 3.13. The average Bonchev–Trinajstić information content (AvgIpc) is 2.43. The van der Waals surface area contributed by atoms with Crippen LogP contribution >= 0.6 is 11.8 Å². The van der Waals surface area contributed by atoms with Gasteiger partial charge < -0.3 is 9.88 Å². The zero-order valence-electron chi connectivity index (χ0n) is 8.79. The predicted molar refractivity (Wildman–Crippen MR) is 60.7 cm³/mol. The summed E-state index contributed by atoms with van der Waals surface area (Å²) in [5, 5.41) is 3.55. The molecule has 1 aromatic rings. The molecule has 1 aromatic heterocycles. The van der Waals surface area contributed by atoms with Gasteiger partial charge in [-0.1, -0.05) is 0 Å². The second kappa shape index (κ2) is 4.36. The molecule has 0 saturated heterocycles. The van der Waals surface area contributed by atoms with Crippen LogP contribution in [0.5, 0.6) is 0 Å². The number of thioether (sulfide) groups is 1. The number of rotatable bonds is 2. The molecular formula is C10H17N3S. The number of hydrogen-bond donors (Lipinski definition) is 1. The van der Waals surface area contributed by atoms with Crippen LogP contribution in [0.4, 0.5) is 0 Å². The number of imidazole rings is 1. The van der Waals surface area contributed by atoms with Crippen LogP contribution in [-0.4, -0.2) is 28.1 Å². The maximum absolute atomic E-state index is 4.60. The van der Waals surface area contributed by atoms with E-state index in [-0.39, 0.29) is 0 Å². The van der Waals surface area contributed by atoms with Crippen LogP contribution in [-0.2, 0) is 6.54 Å². The quantitative estimate of drug-likeness (QED) is 0.805. The Labute approximate surface area is 89.3 Å². The molecule has 1 atom stereocenters. The molecule has 1 aliphatic rings. The van der Waals surface area contributed by atoms with Crippen molar-refractivity contribution in [3.8, 4) is 0 Å². The number of hydrogen-bond acceptors (Lipinski definition) is 3. The predicted octanol–water partition coefficient (Wildman–Crippen LogP) is 1.59. The average molecular weight is 211 g/mol. The van der Waals surface area contributed by atoms with Crippen LogP contribution in [0.15, 0.2) is 6.20 Å². The molecule has 0 amide bonds. The molecule has 0 saturated carbocycles. The molecule has 1 N–H and O–H groups in total. The van der Waals surface area contributed by atoms with E-state index in [9.17, 15) is 0 Å². The fraction of sp³-hybridized carbons (Fsp3) is 0.700. The molecule has 14 heavy (non-hydrogen) atoms. The molecule has 4 heteroatoms. The van der Waals surface area contributed by atoms with E-state index in [0.29, 0.717) is 6.04 Å². The second-order valence-electron chi connectivity index (χ2n) is 3.75. The molecule has 0 bridgehead atoms. The fourth-order valence-electron chi connectivity index (χ4n) is 1.94. The molecule has 78 valence electrons. The summed E-state index contributed by atoms with van der Waals surface area (Å²) in [6, 6.07) is 0.432. The van der Waals surface area contributed by atoms with Crippen LogP contribution in [0.25, 0.3) is 0 Å². The molecule has 2 rings (SSSR count). The molecule has 1 aliphatic heterocycles. The number of aryl methyl sites for hydroxylation is 2. The first-order chi connectivity index (χ1) is 6.81. The Morgan fingerprint density at radius 3 is 3.36 bits per heavy atom. The minimum Gasteiger partial charge on any atom is -0.333 e. The second-order valence-corrected chi connectivity index (χ2v) is 4.66. The minimum atomic E-state index is 0.432. The first-order valence-corrected chi connectivity index (χ1v) is 6.46. The smallest absolute Gasteiger partial charge is 0.127 e. The summed E-state index contributed by atoms with van der Waals surface area (Å²) in [6.45, 7) is 4.28. The summed E-state index contributed by atoms with van der Waals surface area (Å²) < 4.78 is 2.30. The molecule has 0 spiro atoms. The van der Waals surface area contributed by atoms with Crippen molar-refractivity contribution in [2.45, 2.75) is 25.9 Å². The summed E-state index contributed by atoms with van der Waals surface area (Å²) in [4.78, 5) is 4.60. The van der Waals surface area contributed by atoms with E-state index in [2.05, 4.69) is 34.2 Å². The normalized spacial score (nSPS) is 21.7. The lowest BCUT2D eigenvalue weighted by atomic mass is 10.3. The van der Waals surface area contributed by atoms with Crippen LogP contribution in [0, 0.1) is 6.92 Å². The van der Waals surface area contributed by atoms with Crippen LogP contribution in [0.2, 0.25) is 0 Å². The molecule has 0 fully saturated rings. The van der Waals surface area contributed by atoms with Crippen molar-refractivity contribution in [3.63, 3.8) is 0 Å². The van der Waals surface area contributed by atoms with Gasteiger partial charge >= 0.3 is 0 Å². The van der Waals surface area contributed by atoms with E-state index in [1.54, 1.807) is 0 Å². The third kappa shape index (κ3) is 1.96. The Morgan fingerprint density at radius 1 is 1.71 bits per heavy atom. The number of aromatic nitrogens is 2. The lowest BCUT2D eigenvalue weighted by Gasteiger charge is -2.14. The van der Waals surface area contributed by atoms with Gasteiger partial charge in [-0.2, -0.15) is 11.8 Å². The Morgan fingerprint density at radius 2 is 2.57 bits per heavy atom. The number of fused-ring (bicyclic) bond motifs is 1. The Bertz CT molecular complexity index is 308. The monoisotopic (exact) mass is 211 g/mol. The first-order valence-electron chi connectivity index (χ1n) is 5.07. The zero-order valence-corrected chi connectivity index (χ0v) is 9.60. The van der Waals surface area contributed by atoms with Gasteiger partial charge in [0.05, 0.1) is 11.7 Å². The highest BCUT2D eigenvalue weighted by atomic mass is 32.2. The molecule has 0 aliphatic carbocycles. The molecule has 1 unspecified atom stereocenters. The van der Waals surface area contributed by atoms with Gasteiger partial charge in [0, 0.05) is 18.5 Å². The number of nitrogens with zero attached hydrogens (tertiary/aromatic N) is 2. The van der Waals surface area contributed by atoms with E-state index < -0.39 is 0 Å². The van der Waals surface area contributed by atoms with Crippen LogP contribution < -0.4 is 5.32 Å². The van der Waals surface area contributed by atoms with Crippen molar-refractivity contribution >= 4 is 11.8 Å². The zero-order chi connectivity index (χ0) is 9.97. The summed E-state index contributed by atoms with van der Waals surface area (Å²) in [5.41, 5.74) is 1.13. The van der Waals surface area contributed by atoms with E-state index in [0.717, 1.165) is 24.5 Å². The van der Waals surface area contributed by atoms with E-state index in [4.69, 9.17) is 0 Å². The van der Waals surface area contributed by atoms with Crippen molar-refractivity contribution in [3.05, 3.63) is 17.7 Å². The van der Waals surface area contributed by atoms with E-state index in [1.807, 2.05) is 11.8 Å². The standard InChI is InChI=1S/C10H17N3S/c1-8-6-13-5-3-4-11-9(7-14-2)10(13)12-8/h6,9,11H,3-5,7H2,1-2H3. The van der Waals surface area contributed by atoms with Crippen molar-refractivity contribution in [2.75, 3.05) is 18.6 Å². The maximum Gasteiger partial charge on any atom is 0.127 e. The van der Waals surface area contributed by atoms with Gasteiger partial charge in [-0.25, -0.2) is 4.98 Å². The Balaban J connectivity index is 2.26. The fourth-order valence-corrected chi connectivity index (χ4v) is 2.54. The van der Waals surface area contributed by atoms with Gasteiger partial charge in [0.1, 0.15) is 5.82 Å². The Hall–Kier alpha value is -0.480. The summed E-state index contributed by atoms with van der Waals surface area (Å²) in [6.07, 6.45) is 5.51. The molecule has 0 radical (unpaired) electrons. The van der Waals surface area contributed by atoms with Gasteiger partial charge in [0.2, 0.25) is 0 Å². The lowest BCUT2D eigenvalue weighted by molar-refractivity contribution is 0.577. The van der Waals surface area contributed by atoms with Gasteiger partial charge in [0.15, 0.2) is 0 Å². The first kappa shape index (κ1) is 10.1. The largest absolute Gasteiger partial charge is 0.333 e. The molecule has 0 aromatic carbocycles. The third-order valence-corrected chi connectivity index (χ3v) is 3.21. The van der Waals surface area contributed by atoms with Crippen molar-refractivity contribution in [2.24, 2.45) is 0 Å². The van der Waals surface area contributed by atoms with Crippen molar-refractivity contribution in [1.29, 1.82) is 0 Å². The SMILES string of the molecule is CSCC1NCCCn2cc(C)nc21. The summed E-state index contributed by atoms with van der Waals surface area (Å²) in [7, 11) is 0. The highest BCUT2D eigenvalue weighted by Gasteiger charge is 2.19. The summed E-state index contributed by atoms with van der Waals surface area (Å²) in [5.74, 6) is 2.32. The van der Waals surface area contributed by atoms with Crippen molar-refractivity contribution in [1.82, 2.24) is 14.9 Å². The minimum absolute atomic E-state index is 0.432. The maximum atomic E-state index is 4.60. The molecule has 3 nitrogen and oxygen atoms in total. The van der Waals surface area contributed by atoms with E-state index >= 15 is 0 Å². The summed E-state index contributed by atoms with van der Waals surface area (Å²) >= 11 is 1.87. The van der Waals surface area contributed by atoms with Gasteiger partial charge in [-0.15, -0.1) is 0 Å². The highest BCUT2D eigenvalue weighted by molar-refractivity contribution is 7.98. The topological polar surface area (TPSA) is 29.9 Å².